The van der Waals surface area contributed by atoms with Gasteiger partial charge in [0.15, 0.2) is 6.04 Å². The topological polar surface area (TPSA) is 197 Å². The maximum atomic E-state index is 12.6. The van der Waals surface area contributed by atoms with Gasteiger partial charge in [-0.05, 0) is 32.7 Å². The summed E-state index contributed by atoms with van der Waals surface area (Å²) in [5.74, 6) is -3.53. The number of carbonyl (C=O) groups excluding carboxylic acids is 3. The van der Waals surface area contributed by atoms with Crippen LogP contribution in [0.4, 0.5) is 0 Å². The Morgan fingerprint density at radius 1 is 0.931 bits per heavy atom. The number of amides is 3. The fourth-order valence-electron chi connectivity index (χ4n) is 2.23. The van der Waals surface area contributed by atoms with Crippen LogP contribution in [0.25, 0.3) is 0 Å². The van der Waals surface area contributed by atoms with Gasteiger partial charge in [0.05, 0.1) is 12.1 Å². The number of nitrogens with two attached hydrogens (primary N) is 2. The van der Waals surface area contributed by atoms with Crippen LogP contribution in [0, 0.1) is 0 Å². The number of carboxylic acid groups (broad SMARTS) is 1. The molecule has 0 radical (unpaired) electrons. The second-order valence-corrected chi connectivity index (χ2v) is 7.17. The normalized spacial score (nSPS) is 16.1. The average molecular weight is 454 g/mol. The molecule has 5 unspecified atom stereocenters. The monoisotopic (exact) mass is 453 g/mol. The number of rotatable bonds is 14. The van der Waals surface area contributed by atoms with E-state index in [1.807, 2.05) is 0 Å². The van der Waals surface area contributed by atoms with Gasteiger partial charge in [0, 0.05) is 11.5 Å². The highest BCUT2D eigenvalue weighted by Crippen LogP contribution is 2.04. The van der Waals surface area contributed by atoms with Crippen LogP contribution in [0.2, 0.25) is 0 Å². The summed E-state index contributed by atoms with van der Waals surface area (Å²) < 4.78 is 0. The molecule has 0 rings (SSSR count). The Labute approximate surface area is 180 Å². The lowest BCUT2D eigenvalue weighted by Crippen LogP contribution is -2.58. The van der Waals surface area contributed by atoms with Crippen molar-refractivity contribution in [2.24, 2.45) is 11.5 Å². The molecule has 9 N–H and O–H groups in total. The zero-order chi connectivity index (χ0) is 22.6. The molecule has 13 heteroatoms. The Kier molecular flexibility index (Phi) is 13.7. The molecule has 0 aliphatic carbocycles. The minimum absolute atomic E-state index is 0.0839. The molecular weight excluding hydrogens is 422 g/mol. The lowest BCUT2D eigenvalue weighted by molar-refractivity contribution is -0.145. The molecule has 0 spiro atoms. The number of hydrogen-bond donors (Lipinski definition) is 9. The third-order valence-corrected chi connectivity index (χ3v) is 4.73. The van der Waals surface area contributed by atoms with Gasteiger partial charge < -0.3 is 37.6 Å². The van der Waals surface area contributed by atoms with E-state index in [4.69, 9.17) is 16.6 Å². The largest absolute Gasteiger partial charge is 0.480 e. The molecule has 0 heterocycles. The summed E-state index contributed by atoms with van der Waals surface area (Å²) in [6.07, 6.45) is 0.0918. The smallest absolute Gasteiger partial charge is 0.328 e. The van der Waals surface area contributed by atoms with Crippen molar-refractivity contribution in [3.05, 3.63) is 0 Å². The molecule has 0 aromatic rings. The number of carbonyl (C=O) groups is 4. The van der Waals surface area contributed by atoms with Gasteiger partial charge in [-0.3, -0.25) is 14.4 Å². The number of thiol groups is 2. The number of hydrogen-bond acceptors (Lipinski definition) is 9. The molecular formula is C16H31N5O6S2. The van der Waals surface area contributed by atoms with Crippen LogP contribution >= 0.6 is 25.3 Å². The van der Waals surface area contributed by atoms with Crippen LogP contribution < -0.4 is 27.4 Å². The summed E-state index contributed by atoms with van der Waals surface area (Å²) in [7, 11) is 0. The molecule has 0 saturated heterocycles. The first-order valence-corrected chi connectivity index (χ1v) is 10.3. The fourth-order valence-corrected chi connectivity index (χ4v) is 2.66. The highest BCUT2D eigenvalue weighted by molar-refractivity contribution is 7.80. The van der Waals surface area contributed by atoms with E-state index in [1.165, 1.54) is 6.92 Å². The zero-order valence-corrected chi connectivity index (χ0v) is 18.0. The first-order chi connectivity index (χ1) is 13.6. The minimum Gasteiger partial charge on any atom is -0.480 e. The molecule has 0 fully saturated rings. The third kappa shape index (κ3) is 10.2. The summed E-state index contributed by atoms with van der Waals surface area (Å²) in [6, 6.07) is -4.61. The molecule has 0 aromatic carbocycles. The van der Waals surface area contributed by atoms with Crippen LogP contribution in [0.3, 0.4) is 0 Å². The lowest BCUT2D eigenvalue weighted by Gasteiger charge is -2.25. The molecule has 0 aliphatic heterocycles. The molecule has 11 nitrogen and oxygen atoms in total. The third-order valence-electron chi connectivity index (χ3n) is 3.98. The Hall–Kier alpha value is -1.54. The number of nitrogens with one attached hydrogen (secondary N) is 3. The fraction of sp³-hybridized carbons (Fsp3) is 0.750. The second kappa shape index (κ2) is 14.4. The van der Waals surface area contributed by atoms with Crippen LogP contribution in [0.5, 0.6) is 0 Å². The number of aliphatic hydroxyl groups is 1. The summed E-state index contributed by atoms with van der Waals surface area (Å²) >= 11 is 7.95. The van der Waals surface area contributed by atoms with Gasteiger partial charge in [0.25, 0.3) is 0 Å². The highest BCUT2D eigenvalue weighted by atomic mass is 32.1. The van der Waals surface area contributed by atoms with Gasteiger partial charge in [-0.2, -0.15) is 25.3 Å². The van der Waals surface area contributed by atoms with Crippen molar-refractivity contribution >= 4 is 48.9 Å². The first-order valence-electron chi connectivity index (χ1n) is 9.08. The van der Waals surface area contributed by atoms with Crippen LogP contribution in [0.1, 0.15) is 26.2 Å². The van der Waals surface area contributed by atoms with Gasteiger partial charge in [-0.1, -0.05) is 0 Å². The van der Waals surface area contributed by atoms with Gasteiger partial charge in [-0.15, -0.1) is 0 Å². The van der Waals surface area contributed by atoms with E-state index in [9.17, 15) is 24.3 Å². The van der Waals surface area contributed by atoms with E-state index in [1.54, 1.807) is 0 Å². The Morgan fingerprint density at radius 3 is 1.93 bits per heavy atom. The van der Waals surface area contributed by atoms with Gasteiger partial charge in [-0.25, -0.2) is 4.79 Å². The summed E-state index contributed by atoms with van der Waals surface area (Å²) in [6.45, 7) is 1.62. The maximum absolute atomic E-state index is 12.6. The molecule has 168 valence electrons. The Balaban J connectivity index is 5.16. The van der Waals surface area contributed by atoms with E-state index in [2.05, 4.69) is 41.2 Å². The average Bonchev–Trinajstić information content (AvgIpc) is 2.67. The number of carboxylic acids is 1. The van der Waals surface area contributed by atoms with Crippen molar-refractivity contribution in [1.29, 1.82) is 0 Å². The molecule has 0 aromatic heterocycles. The number of unbranched alkanes of at least 4 members (excludes halogenated alkanes) is 1. The first kappa shape index (κ1) is 27.5. The Bertz CT molecular complexity index is 566. The predicted octanol–water partition coefficient (Wildman–Crippen LogP) is -2.78. The van der Waals surface area contributed by atoms with Crippen molar-refractivity contribution in [3.8, 4) is 0 Å². The van der Waals surface area contributed by atoms with Gasteiger partial charge >= 0.3 is 5.97 Å². The quantitative estimate of drug-likeness (QED) is 0.0994. The van der Waals surface area contributed by atoms with E-state index in [0.717, 1.165) is 0 Å². The number of aliphatic carboxylic acids is 1. The van der Waals surface area contributed by atoms with Crippen LogP contribution in [0.15, 0.2) is 0 Å². The molecule has 5 atom stereocenters. The second-order valence-electron chi connectivity index (χ2n) is 6.44. The standard InChI is InChI=1S/C16H31N5O6S2/c1-8(22)12(16(26)27)21-15(25)11(7-29)20-14(24)10(4-2-3-5-17)19-13(23)9(18)6-28/h8-12,22,28-29H,2-7,17-18H2,1H3,(H,19,23)(H,20,24)(H,21,25)(H,26,27). The molecule has 29 heavy (non-hydrogen) atoms. The highest BCUT2D eigenvalue weighted by Gasteiger charge is 2.31. The molecule has 0 aliphatic rings. The number of aliphatic hydroxyl groups excluding tert-OH is 1. The molecule has 3 amide bonds. The van der Waals surface area contributed by atoms with Crippen molar-refractivity contribution in [1.82, 2.24) is 16.0 Å². The van der Waals surface area contributed by atoms with Crippen molar-refractivity contribution < 1.29 is 29.4 Å². The summed E-state index contributed by atoms with van der Waals surface area (Å²) in [5, 5.41) is 25.6. The van der Waals surface area contributed by atoms with Crippen LogP contribution in [-0.2, 0) is 19.2 Å². The van der Waals surface area contributed by atoms with Crippen molar-refractivity contribution in [3.63, 3.8) is 0 Å². The van der Waals surface area contributed by atoms with E-state index in [-0.39, 0.29) is 17.9 Å². The molecule has 0 saturated carbocycles. The summed E-state index contributed by atoms with van der Waals surface area (Å²) in [4.78, 5) is 48.1. The maximum Gasteiger partial charge on any atom is 0.328 e. The van der Waals surface area contributed by atoms with Crippen molar-refractivity contribution in [2.75, 3.05) is 18.1 Å². The summed E-state index contributed by atoms with van der Waals surface area (Å²) in [5.41, 5.74) is 11.1. The van der Waals surface area contributed by atoms with Crippen LogP contribution in [-0.4, -0.2) is 82.2 Å². The lowest BCUT2D eigenvalue weighted by atomic mass is 10.1. The van der Waals surface area contributed by atoms with E-state index >= 15 is 0 Å². The predicted molar refractivity (Wildman–Crippen MR) is 114 cm³/mol. The minimum atomic E-state index is -1.55. The zero-order valence-electron chi connectivity index (χ0n) is 16.2. The SMILES string of the molecule is CC(O)C(NC(=O)C(CS)NC(=O)C(CCCCN)NC(=O)C(N)CS)C(=O)O. The van der Waals surface area contributed by atoms with E-state index in [0.29, 0.717) is 19.4 Å². The molecule has 0 bridgehead atoms. The van der Waals surface area contributed by atoms with Gasteiger partial charge in [0.2, 0.25) is 17.7 Å². The van der Waals surface area contributed by atoms with Crippen molar-refractivity contribution in [2.45, 2.75) is 56.5 Å². The van der Waals surface area contributed by atoms with Gasteiger partial charge in [0.1, 0.15) is 12.1 Å². The van der Waals surface area contributed by atoms with E-state index < -0.39 is 54.0 Å². The Morgan fingerprint density at radius 2 is 1.48 bits per heavy atom.